The van der Waals surface area contributed by atoms with Gasteiger partial charge in [-0.2, -0.15) is 0 Å². The second kappa shape index (κ2) is 9.34. The number of anilines is 2. The standard InChI is InChI=1S/C23H19F2N3O4/c24-15-6-7-17(25)19(10-15)28-22(29)12-26-18-4-2-1-3-16(18)23(30)27-11-14-5-8-20-21(9-14)32-13-31-20/h1-10,26H,11-13H2,(H,27,30)(H,28,29). The Bertz CT molecular complexity index is 1170. The van der Waals surface area contributed by atoms with Crippen molar-refractivity contribution < 1.29 is 27.8 Å². The molecule has 9 heteroatoms. The number of carbonyl (C=O) groups is 2. The van der Waals surface area contributed by atoms with Gasteiger partial charge < -0.3 is 25.4 Å². The largest absolute Gasteiger partial charge is 0.454 e. The first-order valence-corrected chi connectivity index (χ1v) is 9.74. The Morgan fingerprint density at radius 2 is 1.72 bits per heavy atom. The van der Waals surface area contributed by atoms with Crippen molar-refractivity contribution in [2.75, 3.05) is 24.0 Å². The number of para-hydroxylation sites is 1. The maximum Gasteiger partial charge on any atom is 0.253 e. The number of fused-ring (bicyclic) bond motifs is 1. The van der Waals surface area contributed by atoms with E-state index in [1.807, 2.05) is 6.07 Å². The van der Waals surface area contributed by atoms with Crippen molar-refractivity contribution in [3.8, 4) is 11.5 Å². The number of hydrogen-bond acceptors (Lipinski definition) is 5. The Morgan fingerprint density at radius 1 is 0.906 bits per heavy atom. The number of rotatable bonds is 7. The molecule has 0 saturated heterocycles. The van der Waals surface area contributed by atoms with E-state index in [2.05, 4.69) is 16.0 Å². The van der Waals surface area contributed by atoms with E-state index in [1.54, 1.807) is 36.4 Å². The highest BCUT2D eigenvalue weighted by Gasteiger charge is 2.15. The number of carbonyl (C=O) groups excluding carboxylic acids is 2. The Labute approximate surface area is 182 Å². The highest BCUT2D eigenvalue weighted by atomic mass is 19.1. The van der Waals surface area contributed by atoms with Crippen LogP contribution in [0.4, 0.5) is 20.2 Å². The summed E-state index contributed by atoms with van der Waals surface area (Å²) in [4.78, 5) is 24.8. The molecule has 0 atom stereocenters. The molecule has 1 aliphatic rings. The van der Waals surface area contributed by atoms with Crippen molar-refractivity contribution in [1.29, 1.82) is 0 Å². The second-order valence-electron chi connectivity index (χ2n) is 6.94. The van der Waals surface area contributed by atoms with Crippen LogP contribution >= 0.6 is 0 Å². The first kappa shape index (κ1) is 21.1. The molecule has 0 aliphatic carbocycles. The average Bonchev–Trinajstić information content (AvgIpc) is 3.26. The van der Waals surface area contributed by atoms with Crippen molar-refractivity contribution in [3.05, 3.63) is 83.4 Å². The van der Waals surface area contributed by atoms with Crippen LogP contribution in [0.15, 0.2) is 60.7 Å². The van der Waals surface area contributed by atoms with E-state index in [-0.39, 0.29) is 31.5 Å². The van der Waals surface area contributed by atoms with Gasteiger partial charge in [-0.05, 0) is 42.0 Å². The van der Waals surface area contributed by atoms with E-state index < -0.39 is 17.5 Å². The third-order valence-electron chi connectivity index (χ3n) is 4.70. The van der Waals surface area contributed by atoms with Crippen LogP contribution in [0.3, 0.4) is 0 Å². The summed E-state index contributed by atoms with van der Waals surface area (Å²) in [7, 11) is 0. The molecular weight excluding hydrogens is 420 g/mol. The summed E-state index contributed by atoms with van der Waals surface area (Å²) in [6, 6.07) is 14.8. The lowest BCUT2D eigenvalue weighted by Crippen LogP contribution is -2.26. The predicted molar refractivity (Wildman–Crippen MR) is 114 cm³/mol. The van der Waals surface area contributed by atoms with Crippen LogP contribution in [-0.4, -0.2) is 25.2 Å². The molecule has 0 fully saturated rings. The molecule has 0 unspecified atom stereocenters. The van der Waals surface area contributed by atoms with Crippen LogP contribution in [0.2, 0.25) is 0 Å². The van der Waals surface area contributed by atoms with Gasteiger partial charge in [0, 0.05) is 18.3 Å². The number of halogens is 2. The van der Waals surface area contributed by atoms with Crippen LogP contribution in [0.5, 0.6) is 11.5 Å². The fourth-order valence-corrected chi connectivity index (χ4v) is 3.13. The van der Waals surface area contributed by atoms with Crippen LogP contribution in [-0.2, 0) is 11.3 Å². The molecule has 3 aromatic carbocycles. The van der Waals surface area contributed by atoms with Crippen molar-refractivity contribution in [1.82, 2.24) is 5.32 Å². The normalized spacial score (nSPS) is 11.7. The molecule has 0 bridgehead atoms. The lowest BCUT2D eigenvalue weighted by atomic mass is 10.1. The quantitative estimate of drug-likeness (QED) is 0.523. The molecule has 0 saturated carbocycles. The van der Waals surface area contributed by atoms with E-state index in [0.717, 1.165) is 23.8 Å². The summed E-state index contributed by atoms with van der Waals surface area (Å²) in [5, 5.41) is 7.97. The summed E-state index contributed by atoms with van der Waals surface area (Å²) in [6.07, 6.45) is 0. The summed E-state index contributed by atoms with van der Waals surface area (Å²) >= 11 is 0. The van der Waals surface area contributed by atoms with Crippen LogP contribution < -0.4 is 25.4 Å². The minimum atomic E-state index is -0.747. The molecule has 0 radical (unpaired) electrons. The topological polar surface area (TPSA) is 88.7 Å². The fraction of sp³-hybridized carbons (Fsp3) is 0.130. The highest BCUT2D eigenvalue weighted by Crippen LogP contribution is 2.32. The zero-order valence-corrected chi connectivity index (χ0v) is 16.8. The van der Waals surface area contributed by atoms with E-state index in [4.69, 9.17) is 9.47 Å². The molecule has 3 N–H and O–H groups in total. The minimum absolute atomic E-state index is 0.170. The number of amides is 2. The van der Waals surface area contributed by atoms with Crippen molar-refractivity contribution in [3.63, 3.8) is 0 Å². The number of nitrogens with one attached hydrogen (secondary N) is 3. The van der Waals surface area contributed by atoms with Gasteiger partial charge in [0.15, 0.2) is 11.5 Å². The Balaban J connectivity index is 1.36. The van der Waals surface area contributed by atoms with E-state index in [9.17, 15) is 18.4 Å². The van der Waals surface area contributed by atoms with Gasteiger partial charge in [-0.15, -0.1) is 0 Å². The fourth-order valence-electron chi connectivity index (χ4n) is 3.13. The molecule has 3 aromatic rings. The molecule has 4 rings (SSSR count). The molecule has 1 heterocycles. The van der Waals surface area contributed by atoms with Crippen molar-refractivity contribution in [2.45, 2.75) is 6.54 Å². The second-order valence-corrected chi connectivity index (χ2v) is 6.94. The molecule has 2 amide bonds. The zero-order valence-electron chi connectivity index (χ0n) is 16.8. The first-order chi connectivity index (χ1) is 15.5. The van der Waals surface area contributed by atoms with Gasteiger partial charge in [0.05, 0.1) is 17.8 Å². The molecule has 1 aliphatic heterocycles. The molecular formula is C23H19F2N3O4. The van der Waals surface area contributed by atoms with Gasteiger partial charge in [0.2, 0.25) is 12.7 Å². The SMILES string of the molecule is O=C(CNc1ccccc1C(=O)NCc1ccc2c(c1)OCO2)Nc1cc(F)ccc1F. The number of benzene rings is 3. The van der Waals surface area contributed by atoms with Gasteiger partial charge in [-0.25, -0.2) is 8.78 Å². The van der Waals surface area contributed by atoms with Gasteiger partial charge in [-0.3, -0.25) is 9.59 Å². The van der Waals surface area contributed by atoms with Gasteiger partial charge in [-0.1, -0.05) is 18.2 Å². The number of ether oxygens (including phenoxy) is 2. The molecule has 0 spiro atoms. The van der Waals surface area contributed by atoms with Crippen LogP contribution in [0, 0.1) is 11.6 Å². The van der Waals surface area contributed by atoms with Gasteiger partial charge >= 0.3 is 0 Å². The summed E-state index contributed by atoms with van der Waals surface area (Å²) in [6.45, 7) is 0.190. The van der Waals surface area contributed by atoms with Crippen molar-refractivity contribution in [2.24, 2.45) is 0 Å². The maximum atomic E-state index is 13.7. The summed E-state index contributed by atoms with van der Waals surface area (Å²) in [5.41, 5.74) is 1.33. The summed E-state index contributed by atoms with van der Waals surface area (Å²) < 4.78 is 37.6. The Morgan fingerprint density at radius 3 is 2.59 bits per heavy atom. The third-order valence-corrected chi connectivity index (χ3v) is 4.70. The van der Waals surface area contributed by atoms with E-state index in [0.29, 0.717) is 22.7 Å². The highest BCUT2D eigenvalue weighted by molar-refractivity contribution is 6.00. The third kappa shape index (κ3) is 4.94. The van der Waals surface area contributed by atoms with E-state index in [1.165, 1.54) is 0 Å². The maximum absolute atomic E-state index is 13.7. The Hall–Kier alpha value is -4.14. The van der Waals surface area contributed by atoms with E-state index >= 15 is 0 Å². The minimum Gasteiger partial charge on any atom is -0.454 e. The first-order valence-electron chi connectivity index (χ1n) is 9.74. The average molecular weight is 439 g/mol. The van der Waals surface area contributed by atoms with Crippen LogP contribution in [0.1, 0.15) is 15.9 Å². The smallest absolute Gasteiger partial charge is 0.253 e. The monoisotopic (exact) mass is 439 g/mol. The lowest BCUT2D eigenvalue weighted by Gasteiger charge is -2.13. The van der Waals surface area contributed by atoms with Gasteiger partial charge in [0.25, 0.3) is 5.91 Å². The molecule has 164 valence electrons. The Kier molecular flexibility index (Phi) is 6.16. The molecule has 0 aromatic heterocycles. The molecule has 32 heavy (non-hydrogen) atoms. The lowest BCUT2D eigenvalue weighted by molar-refractivity contribution is -0.114. The van der Waals surface area contributed by atoms with Gasteiger partial charge in [0.1, 0.15) is 11.6 Å². The summed E-state index contributed by atoms with van der Waals surface area (Å²) in [5.74, 6) is -1.07. The molecule has 7 nitrogen and oxygen atoms in total. The van der Waals surface area contributed by atoms with Crippen molar-refractivity contribution >= 4 is 23.2 Å². The number of hydrogen-bond donors (Lipinski definition) is 3. The predicted octanol–water partition coefficient (Wildman–Crippen LogP) is 3.67. The van der Waals surface area contributed by atoms with Crippen LogP contribution in [0.25, 0.3) is 0 Å². The zero-order chi connectivity index (χ0) is 22.5.